The fourth-order valence-electron chi connectivity index (χ4n) is 2.71. The summed E-state index contributed by atoms with van der Waals surface area (Å²) in [6.07, 6.45) is 2.41. The van der Waals surface area contributed by atoms with E-state index >= 15 is 0 Å². The van der Waals surface area contributed by atoms with E-state index in [1.165, 1.54) is 28.5 Å². The van der Waals surface area contributed by atoms with Crippen LogP contribution in [0.1, 0.15) is 45.4 Å². The van der Waals surface area contributed by atoms with E-state index in [-0.39, 0.29) is 23.4 Å². The van der Waals surface area contributed by atoms with Gasteiger partial charge in [-0.1, -0.05) is 28.3 Å². The molecule has 0 aliphatic carbocycles. The van der Waals surface area contributed by atoms with Gasteiger partial charge in [0.25, 0.3) is 5.56 Å². The zero-order chi connectivity index (χ0) is 24.8. The smallest absolute Gasteiger partial charge is 0.326 e. The SMILES string of the molecule is CCOC(=O)Cn1c(SC)nc(CC/C(=N\[S@+]([O-])C(C)(C)C)c2ccc(F)cc2)c(Br)c1=O. The van der Waals surface area contributed by atoms with Gasteiger partial charge in [-0.3, -0.25) is 14.2 Å². The van der Waals surface area contributed by atoms with Gasteiger partial charge in [0.1, 0.15) is 32.9 Å². The quantitative estimate of drug-likeness (QED) is 0.149. The molecule has 11 heteroatoms. The van der Waals surface area contributed by atoms with Gasteiger partial charge in [-0.15, -0.1) is 0 Å². The third-order valence-corrected chi connectivity index (χ3v) is 7.32. The molecule has 0 saturated heterocycles. The number of thioether (sulfide) groups is 1. The number of carbonyl (C=O) groups excluding carboxylic acids is 1. The summed E-state index contributed by atoms with van der Waals surface area (Å²) in [6, 6.07) is 5.81. The van der Waals surface area contributed by atoms with Crippen molar-refractivity contribution in [2.75, 3.05) is 12.9 Å². The fourth-order valence-corrected chi connectivity index (χ4v) is 4.45. The molecule has 180 valence electrons. The molecule has 1 aromatic carbocycles. The third kappa shape index (κ3) is 7.66. The number of aryl methyl sites for hydroxylation is 1. The Balaban J connectivity index is 2.39. The Morgan fingerprint density at radius 1 is 1.33 bits per heavy atom. The van der Waals surface area contributed by atoms with Crippen LogP contribution in [0.3, 0.4) is 0 Å². The first kappa shape index (κ1) is 27.6. The summed E-state index contributed by atoms with van der Waals surface area (Å²) >= 11 is 3.04. The van der Waals surface area contributed by atoms with Gasteiger partial charge in [-0.2, -0.15) is 0 Å². The largest absolute Gasteiger partial charge is 0.591 e. The highest BCUT2D eigenvalue weighted by atomic mass is 79.9. The first-order chi connectivity index (χ1) is 15.5. The summed E-state index contributed by atoms with van der Waals surface area (Å²) in [5.74, 6) is -0.902. The molecule has 1 heterocycles. The Morgan fingerprint density at radius 2 is 1.97 bits per heavy atom. The Bertz CT molecular complexity index is 1070. The first-order valence-corrected chi connectivity index (χ1v) is 13.3. The maximum Gasteiger partial charge on any atom is 0.326 e. The average molecular weight is 561 g/mol. The molecule has 0 radical (unpaired) electrons. The van der Waals surface area contributed by atoms with Crippen LogP contribution in [0, 0.1) is 5.82 Å². The maximum atomic E-state index is 13.4. The van der Waals surface area contributed by atoms with E-state index in [9.17, 15) is 18.5 Å². The Kier molecular flexibility index (Phi) is 10.1. The van der Waals surface area contributed by atoms with Crippen LogP contribution >= 0.6 is 27.7 Å². The highest BCUT2D eigenvalue weighted by Gasteiger charge is 2.28. The number of hydrogen-bond donors (Lipinski definition) is 0. The van der Waals surface area contributed by atoms with Crippen molar-refractivity contribution >= 4 is 50.7 Å². The third-order valence-electron chi connectivity index (χ3n) is 4.42. The predicted molar refractivity (Wildman–Crippen MR) is 134 cm³/mol. The second kappa shape index (κ2) is 12.1. The van der Waals surface area contributed by atoms with E-state index in [1.54, 1.807) is 25.3 Å². The van der Waals surface area contributed by atoms with E-state index < -0.39 is 27.6 Å². The molecule has 0 N–H and O–H groups in total. The van der Waals surface area contributed by atoms with E-state index in [0.717, 1.165) is 0 Å². The summed E-state index contributed by atoms with van der Waals surface area (Å²) in [5.41, 5.74) is 1.26. The van der Waals surface area contributed by atoms with Gasteiger partial charge in [-0.25, -0.2) is 9.37 Å². The van der Waals surface area contributed by atoms with Gasteiger partial charge < -0.3 is 9.29 Å². The van der Waals surface area contributed by atoms with Crippen LogP contribution in [0.25, 0.3) is 0 Å². The van der Waals surface area contributed by atoms with Crippen LogP contribution in [0.5, 0.6) is 0 Å². The molecule has 0 aliphatic rings. The fraction of sp³-hybridized carbons (Fsp3) is 0.455. The van der Waals surface area contributed by atoms with Crippen molar-refractivity contribution in [1.82, 2.24) is 9.55 Å². The van der Waals surface area contributed by atoms with Crippen LogP contribution in [-0.2, 0) is 33.9 Å². The highest BCUT2D eigenvalue weighted by molar-refractivity contribution is 9.10. The van der Waals surface area contributed by atoms with Crippen LogP contribution in [0.15, 0.2) is 43.1 Å². The van der Waals surface area contributed by atoms with E-state index in [0.29, 0.717) is 35.0 Å². The molecule has 1 aromatic heterocycles. The monoisotopic (exact) mass is 559 g/mol. The molecular weight excluding hydrogens is 533 g/mol. The molecule has 1 atom stereocenters. The summed E-state index contributed by atoms with van der Waals surface area (Å²) in [6.45, 7) is 7.14. The second-order valence-corrected chi connectivity index (χ2v) is 11.4. The lowest BCUT2D eigenvalue weighted by molar-refractivity contribution is -0.144. The maximum absolute atomic E-state index is 13.4. The molecule has 0 fully saturated rings. The van der Waals surface area contributed by atoms with Gasteiger partial charge in [0.15, 0.2) is 5.16 Å². The van der Waals surface area contributed by atoms with Crippen molar-refractivity contribution in [3.63, 3.8) is 0 Å². The molecule has 2 aromatic rings. The highest BCUT2D eigenvalue weighted by Crippen LogP contribution is 2.22. The lowest BCUT2D eigenvalue weighted by atomic mass is 10.0. The number of carbonyl (C=O) groups is 1. The molecule has 0 spiro atoms. The van der Waals surface area contributed by atoms with Crippen LogP contribution in [-0.4, -0.2) is 43.4 Å². The lowest BCUT2D eigenvalue weighted by Crippen LogP contribution is -2.29. The Hall–Kier alpha value is -1.69. The van der Waals surface area contributed by atoms with E-state index in [4.69, 9.17) is 4.74 Å². The number of rotatable bonds is 9. The molecule has 0 aliphatic heterocycles. The van der Waals surface area contributed by atoms with Crippen molar-refractivity contribution in [3.05, 3.63) is 56.2 Å². The number of benzene rings is 1. The molecule has 2 rings (SSSR count). The van der Waals surface area contributed by atoms with Crippen molar-refractivity contribution in [3.8, 4) is 0 Å². The summed E-state index contributed by atoms with van der Waals surface area (Å²) in [7, 11) is 0. The Morgan fingerprint density at radius 3 is 2.52 bits per heavy atom. The molecule has 0 bridgehead atoms. The topological polar surface area (TPSA) is 96.6 Å². The van der Waals surface area contributed by atoms with E-state index in [1.807, 2.05) is 20.8 Å². The van der Waals surface area contributed by atoms with Gasteiger partial charge >= 0.3 is 5.97 Å². The number of esters is 1. The average Bonchev–Trinajstić information content (AvgIpc) is 2.75. The Labute approximate surface area is 208 Å². The van der Waals surface area contributed by atoms with Gasteiger partial charge in [-0.05, 0) is 68.4 Å². The molecule has 7 nitrogen and oxygen atoms in total. The summed E-state index contributed by atoms with van der Waals surface area (Å²) in [4.78, 5) is 29.4. The van der Waals surface area contributed by atoms with Gasteiger partial charge in [0.05, 0.1) is 18.0 Å². The van der Waals surface area contributed by atoms with Crippen LogP contribution in [0.2, 0.25) is 0 Å². The number of nitrogens with zero attached hydrogens (tertiary/aromatic N) is 3. The van der Waals surface area contributed by atoms with Crippen LogP contribution in [0.4, 0.5) is 4.39 Å². The minimum Gasteiger partial charge on any atom is -0.591 e. The lowest BCUT2D eigenvalue weighted by Gasteiger charge is -2.19. The van der Waals surface area contributed by atoms with E-state index in [2.05, 4.69) is 25.3 Å². The van der Waals surface area contributed by atoms with Crippen LogP contribution < -0.4 is 5.56 Å². The number of hydrogen-bond acceptors (Lipinski definition) is 7. The molecule has 0 saturated carbocycles. The molecular formula is C22H27BrFN3O4S2. The predicted octanol–water partition coefficient (Wildman–Crippen LogP) is 4.31. The second-order valence-electron chi connectivity index (χ2n) is 7.96. The number of halogens is 2. The summed E-state index contributed by atoms with van der Waals surface area (Å²) in [5, 5.41) is 0.379. The first-order valence-electron chi connectivity index (χ1n) is 10.2. The van der Waals surface area contributed by atoms with Crippen molar-refractivity contribution in [1.29, 1.82) is 0 Å². The number of ether oxygens (including phenoxy) is 1. The normalized spacial score (nSPS) is 13.2. The van der Waals surface area contributed by atoms with Crippen molar-refractivity contribution < 1.29 is 18.5 Å². The van der Waals surface area contributed by atoms with Crippen molar-refractivity contribution in [2.45, 2.75) is 57.0 Å². The van der Waals surface area contributed by atoms with Gasteiger partial charge in [0, 0.05) is 12.0 Å². The van der Waals surface area contributed by atoms with Crippen molar-refractivity contribution in [2.24, 2.45) is 4.40 Å². The minimum absolute atomic E-state index is 0.219. The molecule has 0 amide bonds. The number of aromatic nitrogens is 2. The summed E-state index contributed by atoms with van der Waals surface area (Å²) < 4.78 is 36.4. The van der Waals surface area contributed by atoms with Gasteiger partial charge in [0.2, 0.25) is 0 Å². The zero-order valence-electron chi connectivity index (χ0n) is 19.2. The zero-order valence-corrected chi connectivity index (χ0v) is 22.4. The standard InChI is InChI=1S/C22H27BrFN3O4S2/c1-6-31-18(28)13-27-20(29)19(23)17(25-21(27)32-5)12-11-16(26-33(30)22(2,3)4)14-7-9-15(24)10-8-14/h7-10H,6,11-13H2,1-5H3/b26-16+/t33-/m1/s1. The molecule has 0 unspecified atom stereocenters. The molecule has 33 heavy (non-hydrogen) atoms. The minimum atomic E-state index is -1.52.